The maximum absolute atomic E-state index is 12.9. The molecule has 1 aliphatic heterocycles. The van der Waals surface area contributed by atoms with Crippen molar-refractivity contribution in [3.05, 3.63) is 71.4 Å². The van der Waals surface area contributed by atoms with E-state index in [1.165, 1.54) is 0 Å². The molecule has 0 spiro atoms. The van der Waals surface area contributed by atoms with Crippen LogP contribution in [0, 0.1) is 6.92 Å². The second kappa shape index (κ2) is 9.97. The summed E-state index contributed by atoms with van der Waals surface area (Å²) in [6.07, 6.45) is 3.01. The lowest BCUT2D eigenvalue weighted by Gasteiger charge is -2.37. The Morgan fingerprint density at radius 2 is 1.88 bits per heavy atom. The number of nitrogens with zero attached hydrogens (tertiary/aromatic N) is 1. The first-order valence-electron chi connectivity index (χ1n) is 11.0. The van der Waals surface area contributed by atoms with Gasteiger partial charge in [0.25, 0.3) is 5.91 Å². The average Bonchev–Trinajstić information content (AvgIpc) is 2.83. The molecule has 1 fully saturated rings. The number of aromatic nitrogens is 1. The van der Waals surface area contributed by atoms with E-state index in [0.29, 0.717) is 43.9 Å². The first-order chi connectivity index (χ1) is 16.0. The van der Waals surface area contributed by atoms with Gasteiger partial charge in [0.05, 0.1) is 17.5 Å². The van der Waals surface area contributed by atoms with Crippen LogP contribution in [0.4, 0.5) is 0 Å². The van der Waals surface area contributed by atoms with Gasteiger partial charge < -0.3 is 15.4 Å². The number of amides is 2. The molecule has 8 nitrogen and oxygen atoms in total. The molecular formula is C25H28N4O4. The first-order valence-corrected chi connectivity index (χ1v) is 11.0. The average molecular weight is 449 g/mol. The fourth-order valence-electron chi connectivity index (χ4n) is 4.22. The Kier molecular flexibility index (Phi) is 6.86. The number of benzene rings is 2. The van der Waals surface area contributed by atoms with Gasteiger partial charge in [0.15, 0.2) is 0 Å². The number of nitrogens with one attached hydrogen (secondary N) is 3. The topological polar surface area (TPSA) is 113 Å². The standard InChI is InChI=1S/C25H28N4O4/c1-17-2-7-21-19(8-11-27-22(21)14-17)16-33-20-5-3-18(4-6-20)24(31)28-25(15-23(30)29-32)9-12-26-13-10-25/h2-8,11,14,26,32H,9-10,12-13,15-16H2,1H3,(H,28,31)(H,29,30). The van der Waals surface area contributed by atoms with Crippen molar-refractivity contribution >= 4 is 22.7 Å². The Balaban J connectivity index is 1.41. The van der Waals surface area contributed by atoms with Crippen LogP contribution in [0.2, 0.25) is 0 Å². The van der Waals surface area contributed by atoms with Crippen LogP contribution in [0.15, 0.2) is 54.7 Å². The van der Waals surface area contributed by atoms with E-state index in [1.54, 1.807) is 35.9 Å². The van der Waals surface area contributed by atoms with Crippen LogP contribution in [0.5, 0.6) is 5.75 Å². The molecular weight excluding hydrogens is 420 g/mol. The summed E-state index contributed by atoms with van der Waals surface area (Å²) in [6, 6.07) is 15.0. The van der Waals surface area contributed by atoms with Gasteiger partial charge in [0.2, 0.25) is 5.91 Å². The van der Waals surface area contributed by atoms with Crippen molar-refractivity contribution in [2.75, 3.05) is 13.1 Å². The lowest BCUT2D eigenvalue weighted by Crippen LogP contribution is -2.56. The molecule has 1 aromatic heterocycles. The highest BCUT2D eigenvalue weighted by Gasteiger charge is 2.36. The largest absolute Gasteiger partial charge is 0.489 e. The number of hydrogen-bond donors (Lipinski definition) is 4. The van der Waals surface area contributed by atoms with Gasteiger partial charge in [-0.3, -0.25) is 19.8 Å². The molecule has 8 heteroatoms. The Hall–Kier alpha value is -3.49. The number of fused-ring (bicyclic) bond motifs is 1. The molecule has 0 saturated carbocycles. The predicted molar refractivity (Wildman–Crippen MR) is 124 cm³/mol. The van der Waals surface area contributed by atoms with Crippen LogP contribution < -0.4 is 20.9 Å². The smallest absolute Gasteiger partial charge is 0.251 e. The summed E-state index contributed by atoms with van der Waals surface area (Å²) < 4.78 is 5.95. The molecule has 3 aromatic rings. The van der Waals surface area contributed by atoms with Crippen molar-refractivity contribution in [2.24, 2.45) is 0 Å². The summed E-state index contributed by atoms with van der Waals surface area (Å²) in [7, 11) is 0. The third-order valence-corrected chi connectivity index (χ3v) is 6.06. The highest BCUT2D eigenvalue weighted by molar-refractivity contribution is 5.95. The summed E-state index contributed by atoms with van der Waals surface area (Å²) in [4.78, 5) is 29.1. The van der Waals surface area contributed by atoms with E-state index in [-0.39, 0.29) is 12.3 Å². The minimum Gasteiger partial charge on any atom is -0.489 e. The van der Waals surface area contributed by atoms with Gasteiger partial charge in [-0.25, -0.2) is 5.48 Å². The van der Waals surface area contributed by atoms with Crippen LogP contribution in [-0.2, 0) is 11.4 Å². The lowest BCUT2D eigenvalue weighted by atomic mass is 9.84. The Labute approximate surface area is 192 Å². The fraction of sp³-hybridized carbons (Fsp3) is 0.320. The number of hydroxylamine groups is 1. The second-order valence-corrected chi connectivity index (χ2v) is 8.50. The Bertz CT molecular complexity index is 1140. The first kappa shape index (κ1) is 22.7. The third-order valence-electron chi connectivity index (χ3n) is 6.06. The van der Waals surface area contributed by atoms with Gasteiger partial charge in [-0.1, -0.05) is 12.1 Å². The van der Waals surface area contributed by atoms with Crippen molar-refractivity contribution in [3.63, 3.8) is 0 Å². The van der Waals surface area contributed by atoms with E-state index in [4.69, 9.17) is 9.94 Å². The van der Waals surface area contributed by atoms with Crippen LogP contribution in [-0.4, -0.2) is 40.6 Å². The van der Waals surface area contributed by atoms with Crippen molar-refractivity contribution in [1.29, 1.82) is 0 Å². The quantitative estimate of drug-likeness (QED) is 0.327. The molecule has 0 unspecified atom stereocenters. The second-order valence-electron chi connectivity index (χ2n) is 8.50. The zero-order valence-corrected chi connectivity index (χ0v) is 18.6. The van der Waals surface area contributed by atoms with Crippen LogP contribution in [0.3, 0.4) is 0 Å². The molecule has 0 bridgehead atoms. The van der Waals surface area contributed by atoms with E-state index in [1.807, 2.05) is 19.1 Å². The summed E-state index contributed by atoms with van der Waals surface area (Å²) >= 11 is 0. The molecule has 4 N–H and O–H groups in total. The van der Waals surface area contributed by atoms with Gasteiger partial charge in [0.1, 0.15) is 12.4 Å². The number of pyridine rings is 1. The summed E-state index contributed by atoms with van der Waals surface area (Å²) in [5.74, 6) is -0.121. The van der Waals surface area contributed by atoms with Crippen LogP contribution >= 0.6 is 0 Å². The maximum atomic E-state index is 12.9. The van der Waals surface area contributed by atoms with Gasteiger partial charge in [-0.2, -0.15) is 0 Å². The molecule has 2 heterocycles. The molecule has 1 aliphatic rings. The highest BCUT2D eigenvalue weighted by atomic mass is 16.5. The van der Waals surface area contributed by atoms with E-state index >= 15 is 0 Å². The molecule has 172 valence electrons. The van der Waals surface area contributed by atoms with Crippen LogP contribution in [0.25, 0.3) is 10.9 Å². The van der Waals surface area contributed by atoms with Crippen molar-refractivity contribution in [3.8, 4) is 5.75 Å². The number of carbonyl (C=O) groups is 2. The van der Waals surface area contributed by atoms with Gasteiger partial charge in [-0.15, -0.1) is 0 Å². The zero-order valence-electron chi connectivity index (χ0n) is 18.6. The minimum absolute atomic E-state index is 0.0253. The third kappa shape index (κ3) is 5.47. The summed E-state index contributed by atoms with van der Waals surface area (Å²) in [5.41, 5.74) is 4.59. The van der Waals surface area contributed by atoms with E-state index in [9.17, 15) is 9.59 Å². The molecule has 0 aliphatic carbocycles. The van der Waals surface area contributed by atoms with Crippen LogP contribution in [0.1, 0.15) is 40.7 Å². The van der Waals surface area contributed by atoms with Crippen molar-refractivity contribution in [1.82, 2.24) is 21.1 Å². The normalized spacial score (nSPS) is 15.1. The van der Waals surface area contributed by atoms with Gasteiger partial charge in [-0.05, 0) is 74.8 Å². The molecule has 0 atom stereocenters. The Morgan fingerprint density at radius 1 is 1.12 bits per heavy atom. The molecule has 0 radical (unpaired) electrons. The number of piperidine rings is 1. The molecule has 2 amide bonds. The van der Waals surface area contributed by atoms with E-state index in [0.717, 1.165) is 22.0 Å². The maximum Gasteiger partial charge on any atom is 0.251 e. The lowest BCUT2D eigenvalue weighted by molar-refractivity contribution is -0.130. The monoisotopic (exact) mass is 448 g/mol. The summed E-state index contributed by atoms with van der Waals surface area (Å²) in [6.45, 7) is 3.81. The number of aryl methyl sites for hydroxylation is 1. The fourth-order valence-corrected chi connectivity index (χ4v) is 4.22. The SMILES string of the molecule is Cc1ccc2c(COc3ccc(C(=O)NC4(CC(=O)NO)CCNCC4)cc3)ccnc2c1. The Morgan fingerprint density at radius 3 is 2.61 bits per heavy atom. The number of hydrogen-bond acceptors (Lipinski definition) is 6. The van der Waals surface area contributed by atoms with Crippen molar-refractivity contribution in [2.45, 2.75) is 38.3 Å². The van der Waals surface area contributed by atoms with Gasteiger partial charge in [0, 0.05) is 22.7 Å². The predicted octanol–water partition coefficient (Wildman–Crippen LogP) is 2.87. The number of ether oxygens (including phenoxy) is 1. The number of rotatable bonds is 7. The van der Waals surface area contributed by atoms with E-state index < -0.39 is 11.4 Å². The molecule has 33 heavy (non-hydrogen) atoms. The van der Waals surface area contributed by atoms with E-state index in [2.05, 4.69) is 27.8 Å². The molecule has 1 saturated heterocycles. The minimum atomic E-state index is -0.689. The van der Waals surface area contributed by atoms with Crippen molar-refractivity contribution < 1.29 is 19.5 Å². The van der Waals surface area contributed by atoms with Gasteiger partial charge >= 0.3 is 0 Å². The zero-order chi connectivity index (χ0) is 23.3. The molecule has 4 rings (SSSR count). The summed E-state index contributed by atoms with van der Waals surface area (Å²) in [5, 5.41) is 16.2. The highest BCUT2D eigenvalue weighted by Crippen LogP contribution is 2.24. The number of carbonyl (C=O) groups excluding carboxylic acids is 2. The molecule has 2 aromatic carbocycles.